The molecule has 3 aromatic carbocycles. The number of nitrogens with zero attached hydrogens (tertiary/aromatic N) is 1. The number of hydrogen-bond donors (Lipinski definition) is 1. The van der Waals surface area contributed by atoms with Gasteiger partial charge in [-0.25, -0.2) is 4.99 Å². The van der Waals surface area contributed by atoms with Crippen LogP contribution in [-0.2, 0) is 6.42 Å². The van der Waals surface area contributed by atoms with E-state index >= 15 is 0 Å². The summed E-state index contributed by atoms with van der Waals surface area (Å²) in [6.45, 7) is 17.5. The second kappa shape index (κ2) is 12.6. The molecule has 1 N–H and O–H groups in total. The van der Waals surface area contributed by atoms with Crippen molar-refractivity contribution in [2.75, 3.05) is 0 Å². The molecule has 3 aromatic rings. The summed E-state index contributed by atoms with van der Waals surface area (Å²) in [5.74, 6) is 1.52. The number of hydrogen-bond acceptors (Lipinski definition) is 2. The van der Waals surface area contributed by atoms with Gasteiger partial charge < -0.3 is 5.32 Å². The van der Waals surface area contributed by atoms with Crippen LogP contribution in [0.2, 0.25) is 0 Å². The van der Waals surface area contributed by atoms with E-state index in [1.807, 2.05) is 6.21 Å². The normalized spacial score (nSPS) is 18.6. The summed E-state index contributed by atoms with van der Waals surface area (Å²) in [4.78, 5) is 4.79. The highest BCUT2D eigenvalue weighted by Gasteiger charge is 2.22. The van der Waals surface area contributed by atoms with Gasteiger partial charge in [0.1, 0.15) is 5.82 Å². The molecule has 0 unspecified atom stereocenters. The van der Waals surface area contributed by atoms with Crippen molar-refractivity contribution >= 4 is 11.8 Å². The zero-order valence-corrected chi connectivity index (χ0v) is 24.9. The van der Waals surface area contributed by atoms with E-state index in [1.54, 1.807) is 0 Å². The van der Waals surface area contributed by atoms with Crippen LogP contribution < -0.4 is 5.32 Å². The van der Waals surface area contributed by atoms with Gasteiger partial charge in [0, 0.05) is 12.3 Å². The van der Waals surface area contributed by atoms with Crippen LogP contribution in [0.25, 0.3) is 16.7 Å². The monoisotopic (exact) mass is 518 g/mol. The average molecular weight is 519 g/mol. The van der Waals surface area contributed by atoms with Crippen LogP contribution in [0.3, 0.4) is 0 Å². The maximum Gasteiger partial charge on any atom is 0.118 e. The topological polar surface area (TPSA) is 24.4 Å². The highest BCUT2D eigenvalue weighted by atomic mass is 15.0. The van der Waals surface area contributed by atoms with E-state index in [9.17, 15) is 0 Å². The standard InChI is InChI=1S/C37H46N2/c1-26-11-17-32(18-12-26)33-19-13-30(14-20-33)24-31-15-21-35(22-16-31)39-29(4)38-25-36(37(5,6)7)28(3)34-10-8-9-27(2)23-34/h8-14,17-20,23,25,31,35,39H,4,15-16,21-22,24H2,1-3,5-7H3/b36-28-,38-25?. The molecule has 4 rings (SSSR count). The van der Waals surface area contributed by atoms with Crippen LogP contribution in [0.5, 0.6) is 0 Å². The van der Waals surface area contributed by atoms with Crippen molar-refractivity contribution in [1.82, 2.24) is 5.32 Å². The molecule has 0 amide bonds. The molecule has 0 aromatic heterocycles. The lowest BCUT2D eigenvalue weighted by molar-refractivity contribution is 0.301. The van der Waals surface area contributed by atoms with Crippen molar-refractivity contribution < 1.29 is 0 Å². The van der Waals surface area contributed by atoms with E-state index in [2.05, 4.69) is 126 Å². The van der Waals surface area contributed by atoms with Crippen molar-refractivity contribution in [3.05, 3.63) is 113 Å². The van der Waals surface area contributed by atoms with Gasteiger partial charge in [0.25, 0.3) is 0 Å². The van der Waals surface area contributed by atoms with Crippen LogP contribution in [-0.4, -0.2) is 12.3 Å². The Morgan fingerprint density at radius 3 is 2.08 bits per heavy atom. The minimum absolute atomic E-state index is 0.00594. The minimum Gasteiger partial charge on any atom is -0.368 e. The second-order valence-corrected chi connectivity index (χ2v) is 12.5. The predicted octanol–water partition coefficient (Wildman–Crippen LogP) is 9.72. The first-order valence-electron chi connectivity index (χ1n) is 14.5. The van der Waals surface area contributed by atoms with Crippen LogP contribution in [0.15, 0.2) is 95.8 Å². The van der Waals surface area contributed by atoms with E-state index in [4.69, 9.17) is 4.99 Å². The second-order valence-electron chi connectivity index (χ2n) is 12.5. The lowest BCUT2D eigenvalue weighted by atomic mass is 9.82. The van der Waals surface area contributed by atoms with Crippen LogP contribution in [0, 0.1) is 25.2 Å². The Morgan fingerprint density at radius 1 is 0.872 bits per heavy atom. The molecule has 0 saturated heterocycles. The van der Waals surface area contributed by atoms with Crippen molar-refractivity contribution in [3.8, 4) is 11.1 Å². The zero-order valence-electron chi connectivity index (χ0n) is 24.9. The van der Waals surface area contributed by atoms with Gasteiger partial charge in [-0.3, -0.25) is 0 Å². The van der Waals surface area contributed by atoms with E-state index in [1.165, 1.54) is 70.2 Å². The molecule has 2 nitrogen and oxygen atoms in total. The van der Waals surface area contributed by atoms with Crippen molar-refractivity contribution in [1.29, 1.82) is 0 Å². The molecular weight excluding hydrogens is 472 g/mol. The molecule has 1 saturated carbocycles. The molecule has 0 spiro atoms. The number of nitrogens with one attached hydrogen (secondary N) is 1. The molecule has 0 bridgehead atoms. The molecule has 0 heterocycles. The number of rotatable bonds is 8. The SMILES string of the molecule is C=C(N=C/C(=C(\C)c1cccc(C)c1)C(C)(C)C)NC1CCC(Cc2ccc(-c3ccc(C)cc3)cc2)CC1. The molecular formula is C37H46N2. The summed E-state index contributed by atoms with van der Waals surface area (Å²) in [5, 5.41) is 3.61. The third-order valence-corrected chi connectivity index (χ3v) is 8.09. The zero-order chi connectivity index (χ0) is 28.0. The molecule has 1 fully saturated rings. The van der Waals surface area contributed by atoms with E-state index < -0.39 is 0 Å². The van der Waals surface area contributed by atoms with Crippen molar-refractivity contribution in [3.63, 3.8) is 0 Å². The Bertz CT molecular complexity index is 1310. The molecule has 0 aliphatic heterocycles. The van der Waals surface area contributed by atoms with Gasteiger partial charge >= 0.3 is 0 Å². The molecule has 0 radical (unpaired) electrons. The van der Waals surface area contributed by atoms with Crippen LogP contribution >= 0.6 is 0 Å². The molecule has 39 heavy (non-hydrogen) atoms. The summed E-state index contributed by atoms with van der Waals surface area (Å²) in [6, 6.07) is 27.1. The summed E-state index contributed by atoms with van der Waals surface area (Å²) < 4.78 is 0. The maximum absolute atomic E-state index is 4.79. The van der Waals surface area contributed by atoms with Gasteiger partial charge in [-0.2, -0.15) is 0 Å². The highest BCUT2D eigenvalue weighted by Crippen LogP contribution is 2.32. The van der Waals surface area contributed by atoms with Gasteiger partial charge in [0.15, 0.2) is 0 Å². The first kappa shape index (κ1) is 28.6. The Hall–Kier alpha value is -3.39. The van der Waals surface area contributed by atoms with Gasteiger partial charge in [0.2, 0.25) is 0 Å². The van der Waals surface area contributed by atoms with Crippen LogP contribution in [0.1, 0.15) is 75.6 Å². The number of benzene rings is 3. The lowest BCUT2D eigenvalue weighted by Crippen LogP contribution is -2.32. The molecule has 0 atom stereocenters. The number of aryl methyl sites for hydroxylation is 2. The third-order valence-electron chi connectivity index (χ3n) is 8.09. The van der Waals surface area contributed by atoms with E-state index in [-0.39, 0.29) is 5.41 Å². The first-order chi connectivity index (χ1) is 18.6. The van der Waals surface area contributed by atoms with Gasteiger partial charge in [-0.15, -0.1) is 0 Å². The highest BCUT2D eigenvalue weighted by molar-refractivity contribution is 5.92. The van der Waals surface area contributed by atoms with Crippen LogP contribution in [0.4, 0.5) is 0 Å². The largest absolute Gasteiger partial charge is 0.368 e. The first-order valence-corrected chi connectivity index (χ1v) is 14.5. The Balaban J connectivity index is 1.30. The lowest BCUT2D eigenvalue weighted by Gasteiger charge is -2.30. The smallest absolute Gasteiger partial charge is 0.118 e. The number of allylic oxidation sites excluding steroid dienone is 2. The molecule has 2 heteroatoms. The quantitative estimate of drug-likeness (QED) is 0.295. The maximum atomic E-state index is 4.79. The molecule has 1 aliphatic rings. The van der Waals surface area contributed by atoms with Gasteiger partial charge in [-0.1, -0.05) is 111 Å². The fraction of sp³-hybridized carbons (Fsp3) is 0.378. The van der Waals surface area contributed by atoms with Crippen molar-refractivity contribution in [2.24, 2.45) is 16.3 Å². The van der Waals surface area contributed by atoms with Gasteiger partial charge in [-0.05, 0) is 97.6 Å². The average Bonchev–Trinajstić information content (AvgIpc) is 2.90. The minimum atomic E-state index is -0.00594. The molecule has 1 aliphatic carbocycles. The Kier molecular flexibility index (Phi) is 9.28. The Labute approximate surface area is 237 Å². The summed E-state index contributed by atoms with van der Waals surface area (Å²) >= 11 is 0. The third kappa shape index (κ3) is 8.05. The van der Waals surface area contributed by atoms with Gasteiger partial charge in [0.05, 0.1) is 0 Å². The fourth-order valence-corrected chi connectivity index (χ4v) is 5.73. The fourth-order valence-electron chi connectivity index (χ4n) is 5.73. The Morgan fingerprint density at radius 2 is 1.49 bits per heavy atom. The summed E-state index contributed by atoms with van der Waals surface area (Å²) in [5.41, 5.74) is 10.4. The van der Waals surface area contributed by atoms with E-state index in [0.717, 1.165) is 18.2 Å². The molecule has 204 valence electrons. The summed E-state index contributed by atoms with van der Waals surface area (Å²) in [7, 11) is 0. The predicted molar refractivity (Wildman–Crippen MR) is 170 cm³/mol. The summed E-state index contributed by atoms with van der Waals surface area (Å²) in [6.07, 6.45) is 8.02. The van der Waals surface area contributed by atoms with Crippen molar-refractivity contribution in [2.45, 2.75) is 79.7 Å². The number of aliphatic imine (C=N–C) groups is 1. The van der Waals surface area contributed by atoms with E-state index in [0.29, 0.717) is 6.04 Å².